The van der Waals surface area contributed by atoms with Gasteiger partial charge in [0.25, 0.3) is 0 Å². The van der Waals surface area contributed by atoms with Crippen molar-refractivity contribution in [1.29, 1.82) is 0 Å². The maximum absolute atomic E-state index is 15.4. The van der Waals surface area contributed by atoms with Crippen LogP contribution < -0.4 is 4.72 Å². The van der Waals surface area contributed by atoms with Crippen LogP contribution in [0.25, 0.3) is 22.0 Å². The van der Waals surface area contributed by atoms with Gasteiger partial charge in [-0.25, -0.2) is 4.39 Å². The molecule has 3 aromatic rings. The SMILES string of the molecule is C[C@@H](N[S@@+]([O-])C(C)(C)C)c1cn(CC(C)(C)C)c2cc(-c3ccccc3C(F)(F)F)c(F)cc12. The summed E-state index contributed by atoms with van der Waals surface area (Å²) in [5.74, 6) is -0.733. The molecule has 0 radical (unpaired) electrons. The molecule has 1 heterocycles. The Kier molecular flexibility index (Phi) is 7.19. The number of nitrogens with one attached hydrogen (secondary N) is 1. The Bertz CT molecular complexity index is 1170. The number of alkyl halides is 3. The summed E-state index contributed by atoms with van der Waals surface area (Å²) < 4.78 is 73.5. The number of rotatable bonds is 5. The van der Waals surface area contributed by atoms with Gasteiger partial charge in [0.15, 0.2) is 0 Å². The van der Waals surface area contributed by atoms with Gasteiger partial charge >= 0.3 is 6.18 Å². The molecule has 2 aromatic carbocycles. The maximum Gasteiger partial charge on any atom is 0.417 e. The summed E-state index contributed by atoms with van der Waals surface area (Å²) in [7, 11) is 0. The van der Waals surface area contributed by atoms with E-state index in [1.165, 1.54) is 30.3 Å². The van der Waals surface area contributed by atoms with E-state index in [9.17, 15) is 17.7 Å². The van der Waals surface area contributed by atoms with Gasteiger partial charge in [-0.1, -0.05) is 39.0 Å². The van der Waals surface area contributed by atoms with Crippen LogP contribution in [0.3, 0.4) is 0 Å². The standard InChI is InChI=1S/C26H32F4N2OS/c1-16(31-34(33)25(5,6)7)20-14-32(15-24(2,3)4)23-13-18(22(27)12-19(20)23)17-10-8-9-11-21(17)26(28,29)30/h8-14,16,31H,15H2,1-7H3/t16-,34+/m1/s1. The summed E-state index contributed by atoms with van der Waals surface area (Å²) >= 11 is -1.35. The van der Waals surface area contributed by atoms with Crippen molar-refractivity contribution in [3.63, 3.8) is 0 Å². The van der Waals surface area contributed by atoms with Gasteiger partial charge in [0.2, 0.25) is 0 Å². The summed E-state index contributed by atoms with van der Waals surface area (Å²) in [6, 6.07) is 7.46. The minimum Gasteiger partial charge on any atom is -0.598 e. The molecule has 186 valence electrons. The van der Waals surface area contributed by atoms with Crippen LogP contribution >= 0.6 is 0 Å². The molecule has 34 heavy (non-hydrogen) atoms. The second-order valence-corrected chi connectivity index (χ2v) is 12.9. The van der Waals surface area contributed by atoms with Gasteiger partial charge in [-0.15, -0.1) is 4.72 Å². The molecule has 8 heteroatoms. The largest absolute Gasteiger partial charge is 0.598 e. The molecule has 0 fully saturated rings. The average molecular weight is 497 g/mol. The van der Waals surface area contributed by atoms with Crippen molar-refractivity contribution < 1.29 is 22.1 Å². The van der Waals surface area contributed by atoms with Crippen LogP contribution in [-0.2, 0) is 24.1 Å². The van der Waals surface area contributed by atoms with E-state index in [1.54, 1.807) is 0 Å². The van der Waals surface area contributed by atoms with Gasteiger partial charge in [-0.05, 0) is 62.4 Å². The monoisotopic (exact) mass is 496 g/mol. The highest BCUT2D eigenvalue weighted by molar-refractivity contribution is 7.90. The van der Waals surface area contributed by atoms with E-state index < -0.39 is 33.7 Å². The second kappa shape index (κ2) is 9.21. The van der Waals surface area contributed by atoms with Gasteiger partial charge in [-0.2, -0.15) is 13.2 Å². The number of aromatic nitrogens is 1. The first-order chi connectivity index (χ1) is 15.5. The van der Waals surface area contributed by atoms with Gasteiger partial charge in [0.05, 0.1) is 11.6 Å². The van der Waals surface area contributed by atoms with Crippen molar-refractivity contribution in [3.8, 4) is 11.1 Å². The lowest BCUT2D eigenvalue weighted by Gasteiger charge is -2.26. The summed E-state index contributed by atoms with van der Waals surface area (Å²) in [6.07, 6.45) is -2.72. The Balaban J connectivity index is 2.21. The number of fused-ring (bicyclic) bond motifs is 1. The third-order valence-corrected chi connectivity index (χ3v) is 7.15. The van der Waals surface area contributed by atoms with Crippen LogP contribution in [0.15, 0.2) is 42.6 Å². The zero-order chi connectivity index (χ0) is 25.6. The van der Waals surface area contributed by atoms with Crippen LogP contribution in [0.1, 0.15) is 65.6 Å². The summed E-state index contributed by atoms with van der Waals surface area (Å²) in [5.41, 5.74) is 0.0727. The van der Waals surface area contributed by atoms with E-state index >= 15 is 4.39 Å². The number of nitrogens with zero attached hydrogens (tertiary/aromatic N) is 1. The molecule has 1 N–H and O–H groups in total. The Hall–Kier alpha value is -2.03. The highest BCUT2D eigenvalue weighted by atomic mass is 32.2. The molecule has 3 nitrogen and oxygen atoms in total. The molecule has 1 aromatic heterocycles. The first-order valence-corrected chi connectivity index (χ1v) is 12.3. The van der Waals surface area contributed by atoms with Crippen LogP contribution in [-0.4, -0.2) is 13.9 Å². The fraction of sp³-hybridized carbons (Fsp3) is 0.462. The first-order valence-electron chi connectivity index (χ1n) is 11.2. The van der Waals surface area contributed by atoms with Gasteiger partial charge in [-0.3, -0.25) is 0 Å². The van der Waals surface area contributed by atoms with Crippen molar-refractivity contribution in [2.75, 3.05) is 0 Å². The van der Waals surface area contributed by atoms with Crippen molar-refractivity contribution in [2.45, 2.75) is 72.0 Å². The van der Waals surface area contributed by atoms with Crippen molar-refractivity contribution in [1.82, 2.24) is 9.29 Å². The van der Waals surface area contributed by atoms with Crippen LogP contribution in [0.4, 0.5) is 17.6 Å². The number of hydrogen-bond acceptors (Lipinski definition) is 2. The lowest BCUT2D eigenvalue weighted by Crippen LogP contribution is -2.40. The summed E-state index contributed by atoms with van der Waals surface area (Å²) in [5, 5.41) is 0.584. The van der Waals surface area contributed by atoms with Crippen LogP contribution in [0.2, 0.25) is 0 Å². The Morgan fingerprint density at radius 2 is 1.62 bits per heavy atom. The Morgan fingerprint density at radius 1 is 1.00 bits per heavy atom. The molecule has 0 spiro atoms. The molecule has 3 rings (SSSR count). The Morgan fingerprint density at radius 3 is 2.18 bits per heavy atom. The van der Waals surface area contributed by atoms with Gasteiger partial charge in [0.1, 0.15) is 10.6 Å². The normalized spacial score (nSPS) is 15.1. The molecule has 0 aliphatic rings. The van der Waals surface area contributed by atoms with E-state index in [4.69, 9.17) is 0 Å². The van der Waals surface area contributed by atoms with E-state index in [0.717, 1.165) is 11.6 Å². The molecule has 0 bridgehead atoms. The quantitative estimate of drug-likeness (QED) is 0.291. The highest BCUT2D eigenvalue weighted by Gasteiger charge is 2.34. The van der Waals surface area contributed by atoms with Gasteiger partial charge in [0, 0.05) is 40.6 Å². The fourth-order valence-electron chi connectivity index (χ4n) is 3.90. The topological polar surface area (TPSA) is 40.0 Å². The lowest BCUT2D eigenvalue weighted by atomic mass is 9.96. The molecule has 0 aliphatic carbocycles. The fourth-order valence-corrected chi connectivity index (χ4v) is 4.70. The average Bonchev–Trinajstić information content (AvgIpc) is 3.01. The predicted octanol–water partition coefficient (Wildman–Crippen LogP) is 7.63. The van der Waals surface area contributed by atoms with E-state index in [2.05, 4.69) is 25.5 Å². The van der Waals surface area contributed by atoms with Crippen LogP contribution in [0.5, 0.6) is 0 Å². The van der Waals surface area contributed by atoms with Crippen molar-refractivity contribution in [3.05, 3.63) is 59.5 Å². The molecule has 0 saturated heterocycles. The van der Waals surface area contributed by atoms with Crippen molar-refractivity contribution in [2.24, 2.45) is 5.41 Å². The molecular formula is C26H32F4N2OS. The third-order valence-electron chi connectivity index (χ3n) is 5.47. The van der Waals surface area contributed by atoms with Gasteiger partial charge < -0.3 is 9.12 Å². The lowest BCUT2D eigenvalue weighted by molar-refractivity contribution is -0.137. The Labute approximate surface area is 201 Å². The van der Waals surface area contributed by atoms with E-state index in [0.29, 0.717) is 17.4 Å². The predicted molar refractivity (Wildman–Crippen MR) is 131 cm³/mol. The summed E-state index contributed by atoms with van der Waals surface area (Å²) in [6.45, 7) is 14.2. The van der Waals surface area contributed by atoms with E-state index in [1.807, 2.05) is 38.5 Å². The first kappa shape index (κ1) is 26.6. The minimum atomic E-state index is -4.61. The third kappa shape index (κ3) is 5.78. The molecule has 2 atom stereocenters. The molecular weight excluding hydrogens is 464 g/mol. The smallest absolute Gasteiger partial charge is 0.417 e. The number of hydrogen-bond donors (Lipinski definition) is 1. The maximum atomic E-state index is 15.4. The molecule has 0 unspecified atom stereocenters. The minimum absolute atomic E-state index is 0.0980. The second-order valence-electron chi connectivity index (χ2n) is 10.9. The molecule has 0 amide bonds. The number of halogens is 4. The molecule has 0 aliphatic heterocycles. The molecule has 0 saturated carbocycles. The zero-order valence-corrected chi connectivity index (χ0v) is 21.4. The summed E-state index contributed by atoms with van der Waals surface area (Å²) in [4.78, 5) is 0. The number of benzene rings is 2. The zero-order valence-electron chi connectivity index (χ0n) is 20.6. The van der Waals surface area contributed by atoms with Crippen LogP contribution in [0, 0.1) is 11.2 Å². The van der Waals surface area contributed by atoms with E-state index in [-0.39, 0.29) is 22.6 Å². The van der Waals surface area contributed by atoms with Crippen molar-refractivity contribution >= 4 is 22.3 Å². The highest BCUT2D eigenvalue weighted by Crippen LogP contribution is 2.40.